The second-order valence-corrected chi connectivity index (χ2v) is 6.56. The van der Waals surface area contributed by atoms with Gasteiger partial charge in [-0.15, -0.1) is 0 Å². The second-order valence-electron chi connectivity index (χ2n) is 6.56. The van der Waals surface area contributed by atoms with E-state index < -0.39 is 6.10 Å². The third kappa shape index (κ3) is 4.13. The van der Waals surface area contributed by atoms with Gasteiger partial charge in [-0.2, -0.15) is 5.10 Å². The summed E-state index contributed by atoms with van der Waals surface area (Å²) in [6, 6.07) is 6.07. The van der Waals surface area contributed by atoms with E-state index in [9.17, 15) is 9.50 Å². The van der Waals surface area contributed by atoms with Gasteiger partial charge in [0, 0.05) is 39.8 Å². The molecule has 0 fully saturated rings. The molecule has 0 saturated carbocycles. The van der Waals surface area contributed by atoms with E-state index in [-0.39, 0.29) is 5.82 Å². The molecule has 0 aliphatic carbocycles. The van der Waals surface area contributed by atoms with Crippen molar-refractivity contribution in [3.8, 4) is 0 Å². The van der Waals surface area contributed by atoms with Gasteiger partial charge in [0.25, 0.3) is 0 Å². The summed E-state index contributed by atoms with van der Waals surface area (Å²) in [5, 5.41) is 18.1. The number of anilines is 1. The number of halogens is 1. The molecule has 1 aromatic carbocycles. The number of hydrogen-bond donors (Lipinski definition) is 2. The Labute approximate surface area is 143 Å². The van der Waals surface area contributed by atoms with Gasteiger partial charge in [-0.25, -0.2) is 4.39 Å². The summed E-state index contributed by atoms with van der Waals surface area (Å²) in [7, 11) is 5.92. The van der Waals surface area contributed by atoms with Crippen molar-refractivity contribution in [2.75, 3.05) is 25.5 Å². The number of rotatable bonds is 7. The van der Waals surface area contributed by atoms with E-state index in [0.29, 0.717) is 24.6 Å². The summed E-state index contributed by atoms with van der Waals surface area (Å²) in [5.74, 6) is 1.03. The molecular weight excluding hydrogens is 307 g/mol. The minimum atomic E-state index is -0.748. The highest BCUT2D eigenvalue weighted by Crippen LogP contribution is 2.27. The number of nitrogens with one attached hydrogen (secondary N) is 1. The first-order valence-corrected chi connectivity index (χ1v) is 8.18. The predicted molar refractivity (Wildman–Crippen MR) is 94.7 cm³/mol. The van der Waals surface area contributed by atoms with Crippen molar-refractivity contribution in [2.24, 2.45) is 7.05 Å². The van der Waals surface area contributed by atoms with Gasteiger partial charge in [-0.3, -0.25) is 4.68 Å². The Morgan fingerprint density at radius 1 is 1.33 bits per heavy atom. The molecule has 0 aliphatic heterocycles. The monoisotopic (exact) mass is 334 g/mol. The third-order valence-electron chi connectivity index (χ3n) is 3.99. The SMILES string of the molecule is CC(C)c1nn(C)c(N(C)C)c1CNC[C@@H](O)c1cccc(F)c1. The third-order valence-corrected chi connectivity index (χ3v) is 3.99. The zero-order valence-corrected chi connectivity index (χ0v) is 15.0. The molecule has 0 unspecified atom stereocenters. The molecule has 5 nitrogen and oxygen atoms in total. The average Bonchev–Trinajstić information content (AvgIpc) is 2.84. The fourth-order valence-electron chi connectivity index (χ4n) is 2.94. The highest BCUT2D eigenvalue weighted by molar-refractivity contribution is 5.50. The maximum Gasteiger partial charge on any atom is 0.130 e. The first-order valence-electron chi connectivity index (χ1n) is 8.18. The maximum atomic E-state index is 13.3. The molecule has 1 heterocycles. The van der Waals surface area contributed by atoms with Gasteiger partial charge in [-0.05, 0) is 23.6 Å². The normalized spacial score (nSPS) is 12.7. The van der Waals surface area contributed by atoms with Crippen LogP contribution in [0.15, 0.2) is 24.3 Å². The molecule has 0 saturated heterocycles. The van der Waals surface area contributed by atoms with Crippen molar-refractivity contribution in [1.29, 1.82) is 0 Å². The van der Waals surface area contributed by atoms with Crippen molar-refractivity contribution in [2.45, 2.75) is 32.4 Å². The summed E-state index contributed by atoms with van der Waals surface area (Å²) in [6.45, 7) is 5.18. The van der Waals surface area contributed by atoms with E-state index in [4.69, 9.17) is 0 Å². The molecule has 0 bridgehead atoms. The Morgan fingerprint density at radius 3 is 2.62 bits per heavy atom. The Bertz CT molecular complexity index is 682. The topological polar surface area (TPSA) is 53.3 Å². The van der Waals surface area contributed by atoms with E-state index in [0.717, 1.165) is 17.1 Å². The van der Waals surface area contributed by atoms with Crippen LogP contribution in [0.2, 0.25) is 0 Å². The molecule has 0 amide bonds. The van der Waals surface area contributed by atoms with E-state index in [2.05, 4.69) is 24.3 Å². The van der Waals surface area contributed by atoms with Crippen molar-refractivity contribution in [3.63, 3.8) is 0 Å². The number of aliphatic hydroxyl groups excluding tert-OH is 1. The Kier molecular flexibility index (Phi) is 5.96. The van der Waals surface area contributed by atoms with Crippen LogP contribution in [0.3, 0.4) is 0 Å². The smallest absolute Gasteiger partial charge is 0.130 e. The molecular formula is C18H27FN4O. The van der Waals surface area contributed by atoms with Crippen LogP contribution in [-0.4, -0.2) is 35.5 Å². The van der Waals surface area contributed by atoms with Crippen LogP contribution in [-0.2, 0) is 13.6 Å². The molecule has 2 N–H and O–H groups in total. The van der Waals surface area contributed by atoms with Crippen LogP contribution in [0, 0.1) is 5.82 Å². The van der Waals surface area contributed by atoms with Crippen molar-refractivity contribution >= 4 is 5.82 Å². The number of aryl methyl sites for hydroxylation is 1. The van der Waals surface area contributed by atoms with E-state index in [1.54, 1.807) is 12.1 Å². The Hall–Kier alpha value is -1.92. The molecule has 0 radical (unpaired) electrons. The molecule has 132 valence electrons. The van der Waals surface area contributed by atoms with Crippen LogP contribution in [0.5, 0.6) is 0 Å². The summed E-state index contributed by atoms with van der Waals surface area (Å²) in [5.41, 5.74) is 2.75. The Balaban J connectivity index is 2.09. The zero-order chi connectivity index (χ0) is 17.9. The lowest BCUT2D eigenvalue weighted by molar-refractivity contribution is 0.174. The van der Waals surface area contributed by atoms with Crippen LogP contribution in [0.25, 0.3) is 0 Å². The number of benzene rings is 1. The summed E-state index contributed by atoms with van der Waals surface area (Å²) in [6.07, 6.45) is -0.748. The van der Waals surface area contributed by atoms with Crippen LogP contribution >= 0.6 is 0 Å². The van der Waals surface area contributed by atoms with Gasteiger partial charge in [0.2, 0.25) is 0 Å². The first kappa shape index (κ1) is 18.4. The Morgan fingerprint density at radius 2 is 2.04 bits per heavy atom. The number of nitrogens with zero attached hydrogens (tertiary/aromatic N) is 3. The standard InChI is InChI=1S/C18H27FN4O/c1-12(2)17-15(18(22(3)4)23(5)21-17)10-20-11-16(24)13-7-6-8-14(19)9-13/h6-9,12,16,20,24H,10-11H2,1-5H3/t16-/m1/s1. The van der Waals surface area contributed by atoms with Gasteiger partial charge >= 0.3 is 0 Å². The van der Waals surface area contributed by atoms with Gasteiger partial charge in [0.05, 0.1) is 11.8 Å². The van der Waals surface area contributed by atoms with Gasteiger partial charge in [-0.1, -0.05) is 26.0 Å². The van der Waals surface area contributed by atoms with Crippen molar-refractivity contribution < 1.29 is 9.50 Å². The first-order chi connectivity index (χ1) is 11.3. The van der Waals surface area contributed by atoms with E-state index >= 15 is 0 Å². The minimum absolute atomic E-state index is 0.315. The molecule has 2 aromatic rings. The fraction of sp³-hybridized carbons (Fsp3) is 0.500. The van der Waals surface area contributed by atoms with Gasteiger partial charge in [0.15, 0.2) is 0 Å². The minimum Gasteiger partial charge on any atom is -0.387 e. The zero-order valence-electron chi connectivity index (χ0n) is 15.0. The number of hydrogen-bond acceptors (Lipinski definition) is 4. The second kappa shape index (κ2) is 7.77. The lowest BCUT2D eigenvalue weighted by Gasteiger charge is -2.17. The predicted octanol–water partition coefficient (Wildman–Crippen LogP) is 2.57. The molecule has 1 aromatic heterocycles. The highest BCUT2D eigenvalue weighted by atomic mass is 19.1. The molecule has 2 rings (SSSR count). The number of aromatic nitrogens is 2. The molecule has 1 atom stereocenters. The average molecular weight is 334 g/mol. The fourth-order valence-corrected chi connectivity index (χ4v) is 2.94. The highest BCUT2D eigenvalue weighted by Gasteiger charge is 2.20. The molecule has 24 heavy (non-hydrogen) atoms. The van der Waals surface area contributed by atoms with Crippen molar-refractivity contribution in [3.05, 3.63) is 46.9 Å². The summed E-state index contributed by atoms with van der Waals surface area (Å²) in [4.78, 5) is 2.04. The lowest BCUT2D eigenvalue weighted by Crippen LogP contribution is -2.23. The molecule has 0 aliphatic rings. The van der Waals surface area contributed by atoms with E-state index in [1.165, 1.54) is 12.1 Å². The number of aliphatic hydroxyl groups is 1. The summed E-state index contributed by atoms with van der Waals surface area (Å²) >= 11 is 0. The van der Waals surface area contributed by atoms with Gasteiger partial charge in [0.1, 0.15) is 11.6 Å². The van der Waals surface area contributed by atoms with Crippen LogP contribution < -0.4 is 10.2 Å². The quantitative estimate of drug-likeness (QED) is 0.817. The molecule has 0 spiro atoms. The van der Waals surface area contributed by atoms with Crippen LogP contribution in [0.1, 0.15) is 42.7 Å². The summed E-state index contributed by atoms with van der Waals surface area (Å²) < 4.78 is 15.1. The molecule has 6 heteroatoms. The van der Waals surface area contributed by atoms with Crippen molar-refractivity contribution in [1.82, 2.24) is 15.1 Å². The van der Waals surface area contributed by atoms with Crippen LogP contribution in [0.4, 0.5) is 10.2 Å². The largest absolute Gasteiger partial charge is 0.387 e. The van der Waals surface area contributed by atoms with Gasteiger partial charge < -0.3 is 15.3 Å². The van der Waals surface area contributed by atoms with E-state index in [1.807, 2.05) is 30.7 Å². The lowest BCUT2D eigenvalue weighted by atomic mass is 10.0. The maximum absolute atomic E-state index is 13.3.